The summed E-state index contributed by atoms with van der Waals surface area (Å²) in [5.74, 6) is 1.54. The van der Waals surface area contributed by atoms with Crippen molar-refractivity contribution < 1.29 is 9.53 Å². The normalized spacial score (nSPS) is 24.8. The van der Waals surface area contributed by atoms with Crippen LogP contribution in [0.25, 0.3) is 5.57 Å². The lowest BCUT2D eigenvalue weighted by atomic mass is 9.80. The van der Waals surface area contributed by atoms with Crippen LogP contribution in [-0.2, 0) is 4.79 Å². The number of rotatable bonds is 4. The number of ether oxygens (including phenoxy) is 1. The monoisotopic (exact) mass is 427 g/mol. The highest BCUT2D eigenvalue weighted by Gasteiger charge is 2.48. The van der Waals surface area contributed by atoms with Crippen LogP contribution >= 0.6 is 0 Å². The Hall–Kier alpha value is -3.10. The van der Waals surface area contributed by atoms with E-state index < -0.39 is 0 Å². The van der Waals surface area contributed by atoms with Gasteiger partial charge in [-0.2, -0.15) is 5.26 Å². The number of nitriles is 1. The van der Waals surface area contributed by atoms with Gasteiger partial charge in [-0.3, -0.25) is 4.79 Å². The maximum Gasteiger partial charge on any atom is 0.224 e. The maximum absolute atomic E-state index is 12.8. The zero-order chi connectivity index (χ0) is 22.2. The largest absolute Gasteiger partial charge is 0.485 e. The SMILES string of the molecule is CC(=O)N1c2ccc(C3=CCNCC3)cc2C(Oc2ccc(C#N)cc2)C(C)C1C1CC1. The Morgan fingerprint density at radius 1 is 1.19 bits per heavy atom. The smallest absolute Gasteiger partial charge is 0.224 e. The molecule has 5 rings (SSSR count). The van der Waals surface area contributed by atoms with Crippen molar-refractivity contribution in [3.63, 3.8) is 0 Å². The highest BCUT2D eigenvalue weighted by Crippen LogP contribution is 2.50. The Labute approximate surface area is 189 Å². The first-order chi connectivity index (χ1) is 15.6. The average Bonchev–Trinajstić information content (AvgIpc) is 3.66. The van der Waals surface area contributed by atoms with Gasteiger partial charge in [-0.25, -0.2) is 0 Å². The van der Waals surface area contributed by atoms with E-state index >= 15 is 0 Å². The van der Waals surface area contributed by atoms with E-state index in [-0.39, 0.29) is 24.0 Å². The summed E-state index contributed by atoms with van der Waals surface area (Å²) in [6.07, 6.45) is 5.42. The van der Waals surface area contributed by atoms with Crippen molar-refractivity contribution in [2.45, 2.75) is 45.3 Å². The molecule has 1 aliphatic carbocycles. The quantitative estimate of drug-likeness (QED) is 0.759. The zero-order valence-corrected chi connectivity index (χ0v) is 18.7. The van der Waals surface area contributed by atoms with E-state index in [1.165, 1.54) is 11.1 Å². The minimum Gasteiger partial charge on any atom is -0.485 e. The lowest BCUT2D eigenvalue weighted by Gasteiger charge is -2.45. The number of nitrogens with one attached hydrogen (secondary N) is 1. The van der Waals surface area contributed by atoms with Crippen LogP contribution < -0.4 is 15.0 Å². The average molecular weight is 428 g/mol. The molecule has 1 fully saturated rings. The van der Waals surface area contributed by atoms with Crippen LogP contribution in [0.5, 0.6) is 5.75 Å². The van der Waals surface area contributed by atoms with Gasteiger partial charge in [0, 0.05) is 31.0 Å². The fourth-order valence-corrected chi connectivity index (χ4v) is 5.33. The summed E-state index contributed by atoms with van der Waals surface area (Å²) < 4.78 is 6.59. The number of amides is 1. The van der Waals surface area contributed by atoms with Crippen molar-refractivity contribution in [1.82, 2.24) is 5.32 Å². The predicted molar refractivity (Wildman–Crippen MR) is 125 cm³/mol. The first-order valence-electron chi connectivity index (χ1n) is 11.6. The molecular weight excluding hydrogens is 398 g/mol. The van der Waals surface area contributed by atoms with E-state index in [0.717, 1.165) is 49.4 Å². The van der Waals surface area contributed by atoms with Gasteiger partial charge in [-0.15, -0.1) is 0 Å². The Morgan fingerprint density at radius 3 is 2.59 bits per heavy atom. The molecule has 164 valence electrons. The summed E-state index contributed by atoms with van der Waals surface area (Å²) in [5, 5.41) is 12.5. The topological polar surface area (TPSA) is 65.4 Å². The minimum atomic E-state index is -0.151. The molecule has 2 aromatic rings. The summed E-state index contributed by atoms with van der Waals surface area (Å²) in [7, 11) is 0. The molecule has 0 saturated heterocycles. The number of hydrogen-bond acceptors (Lipinski definition) is 4. The molecule has 1 amide bonds. The number of benzene rings is 2. The molecule has 5 nitrogen and oxygen atoms in total. The number of anilines is 1. The molecule has 0 bridgehead atoms. The fraction of sp³-hybridized carbons (Fsp3) is 0.407. The second-order valence-electron chi connectivity index (χ2n) is 9.21. The van der Waals surface area contributed by atoms with E-state index in [9.17, 15) is 4.79 Å². The molecule has 0 spiro atoms. The van der Waals surface area contributed by atoms with Crippen LogP contribution in [0.1, 0.15) is 55.9 Å². The van der Waals surface area contributed by atoms with Crippen LogP contribution in [0, 0.1) is 23.2 Å². The molecular formula is C27H29N3O2. The number of nitrogens with zero attached hydrogens (tertiary/aromatic N) is 2. The third-order valence-electron chi connectivity index (χ3n) is 7.03. The number of hydrogen-bond donors (Lipinski definition) is 1. The van der Waals surface area contributed by atoms with Crippen molar-refractivity contribution in [2.75, 3.05) is 18.0 Å². The molecule has 3 unspecified atom stereocenters. The molecule has 0 aromatic heterocycles. The lowest BCUT2D eigenvalue weighted by Crippen LogP contribution is -2.50. The Morgan fingerprint density at radius 2 is 1.97 bits per heavy atom. The van der Waals surface area contributed by atoms with Gasteiger partial charge in [0.2, 0.25) is 5.91 Å². The molecule has 1 N–H and O–H groups in total. The zero-order valence-electron chi connectivity index (χ0n) is 18.7. The highest BCUT2D eigenvalue weighted by atomic mass is 16.5. The van der Waals surface area contributed by atoms with Gasteiger partial charge < -0.3 is 15.0 Å². The highest BCUT2D eigenvalue weighted by molar-refractivity contribution is 5.94. The van der Waals surface area contributed by atoms with Gasteiger partial charge >= 0.3 is 0 Å². The molecule has 1 saturated carbocycles. The summed E-state index contributed by atoms with van der Waals surface area (Å²) in [6, 6.07) is 16.1. The lowest BCUT2D eigenvalue weighted by molar-refractivity contribution is -0.117. The van der Waals surface area contributed by atoms with Crippen LogP contribution in [0.3, 0.4) is 0 Å². The van der Waals surface area contributed by atoms with Crippen molar-refractivity contribution in [3.8, 4) is 11.8 Å². The van der Waals surface area contributed by atoms with Crippen molar-refractivity contribution >= 4 is 17.2 Å². The summed E-state index contributed by atoms with van der Waals surface area (Å²) in [6.45, 7) is 5.76. The van der Waals surface area contributed by atoms with Crippen LogP contribution in [-0.4, -0.2) is 25.0 Å². The second-order valence-corrected chi connectivity index (χ2v) is 9.21. The van der Waals surface area contributed by atoms with Gasteiger partial charge in [-0.05, 0) is 79.3 Å². The third-order valence-corrected chi connectivity index (χ3v) is 7.03. The maximum atomic E-state index is 12.8. The standard InChI is InChI=1S/C27H29N3O2/c1-17-26(21-5-6-21)30(18(2)31)25-10-7-22(20-11-13-29-14-12-20)15-24(25)27(17)32-23-8-3-19(16-28)4-9-23/h3-4,7-11,15,17,21,26-27,29H,5-6,12-14H2,1-2H3. The molecule has 2 aliphatic heterocycles. The molecule has 3 aliphatic rings. The molecule has 5 heteroatoms. The number of carbonyl (C=O) groups excluding carboxylic acids is 1. The Kier molecular flexibility index (Phi) is 5.48. The van der Waals surface area contributed by atoms with Crippen LogP contribution in [0.15, 0.2) is 48.5 Å². The minimum absolute atomic E-state index is 0.0978. The van der Waals surface area contributed by atoms with E-state index in [0.29, 0.717) is 11.5 Å². The third kappa shape index (κ3) is 3.80. The fourth-order valence-electron chi connectivity index (χ4n) is 5.33. The molecule has 2 heterocycles. The molecule has 2 aromatic carbocycles. The van der Waals surface area contributed by atoms with E-state index in [4.69, 9.17) is 10.00 Å². The molecule has 3 atom stereocenters. The van der Waals surface area contributed by atoms with E-state index in [2.05, 4.69) is 42.6 Å². The first-order valence-corrected chi connectivity index (χ1v) is 11.6. The molecule has 0 radical (unpaired) electrons. The van der Waals surface area contributed by atoms with Crippen LogP contribution in [0.2, 0.25) is 0 Å². The summed E-state index contributed by atoms with van der Waals surface area (Å²) >= 11 is 0. The van der Waals surface area contributed by atoms with Crippen LogP contribution in [0.4, 0.5) is 5.69 Å². The molecule has 32 heavy (non-hydrogen) atoms. The van der Waals surface area contributed by atoms with Gasteiger partial charge in [-0.1, -0.05) is 19.1 Å². The Bertz CT molecular complexity index is 1090. The van der Waals surface area contributed by atoms with Gasteiger partial charge in [0.05, 0.1) is 17.3 Å². The van der Waals surface area contributed by atoms with Crippen molar-refractivity contribution in [3.05, 3.63) is 65.2 Å². The van der Waals surface area contributed by atoms with E-state index in [1.54, 1.807) is 19.1 Å². The summed E-state index contributed by atoms with van der Waals surface area (Å²) in [4.78, 5) is 14.8. The summed E-state index contributed by atoms with van der Waals surface area (Å²) in [5.41, 5.74) is 5.22. The van der Waals surface area contributed by atoms with Crippen molar-refractivity contribution in [2.24, 2.45) is 11.8 Å². The number of carbonyl (C=O) groups is 1. The predicted octanol–water partition coefficient (Wildman–Crippen LogP) is 4.84. The first kappa shape index (κ1) is 20.8. The van der Waals surface area contributed by atoms with Gasteiger partial charge in [0.25, 0.3) is 0 Å². The Balaban J connectivity index is 1.59. The van der Waals surface area contributed by atoms with Gasteiger partial charge in [0.15, 0.2) is 0 Å². The van der Waals surface area contributed by atoms with E-state index in [1.807, 2.05) is 17.0 Å². The van der Waals surface area contributed by atoms with Crippen molar-refractivity contribution in [1.29, 1.82) is 5.26 Å². The van der Waals surface area contributed by atoms with Gasteiger partial charge in [0.1, 0.15) is 11.9 Å². The number of fused-ring (bicyclic) bond motifs is 1. The second kappa shape index (κ2) is 8.44.